The highest BCUT2D eigenvalue weighted by Gasteiger charge is 2.07. The normalized spacial score (nSPS) is 10.8. The molecule has 2 heteroatoms. The Labute approximate surface area is 94.4 Å². The summed E-state index contributed by atoms with van der Waals surface area (Å²) in [6, 6.07) is 6.30. The van der Waals surface area contributed by atoms with Gasteiger partial charge in [-0.1, -0.05) is 37.0 Å². The van der Waals surface area contributed by atoms with Crippen LogP contribution < -0.4 is 9.92 Å². The molecule has 0 aliphatic heterocycles. The van der Waals surface area contributed by atoms with Crippen LogP contribution in [0.5, 0.6) is 5.75 Å². The van der Waals surface area contributed by atoms with E-state index in [-0.39, 0.29) is 6.10 Å². The lowest BCUT2D eigenvalue weighted by atomic mass is 10.2. The lowest BCUT2D eigenvalue weighted by molar-refractivity contribution is 0.242. The van der Waals surface area contributed by atoms with Crippen molar-refractivity contribution in [1.29, 1.82) is 0 Å². The first-order valence-electron chi connectivity index (χ1n) is 5.47. The molecule has 0 N–H and O–H groups in total. The Balaban J connectivity index is 3.04. The summed E-state index contributed by atoms with van der Waals surface area (Å²) in [5.74, 6) is 0.979. The second kappa shape index (κ2) is 5.17. The molecule has 0 heterocycles. The molecule has 0 unspecified atom stereocenters. The number of ether oxygens (including phenoxy) is 1. The third kappa shape index (κ3) is 3.24. The van der Waals surface area contributed by atoms with E-state index >= 15 is 0 Å². The van der Waals surface area contributed by atoms with Crippen LogP contribution >= 0.6 is 0 Å². The summed E-state index contributed by atoms with van der Waals surface area (Å²) in [6.07, 6.45) is 2.17. The van der Waals surface area contributed by atoms with Crippen molar-refractivity contribution in [1.82, 2.24) is 0 Å². The molecule has 0 saturated heterocycles. The fourth-order valence-electron chi connectivity index (χ4n) is 1.58. The number of rotatable bonds is 4. The van der Waals surface area contributed by atoms with E-state index in [2.05, 4.69) is 31.8 Å². The largest absolute Gasteiger partial charge is 0.491 e. The summed E-state index contributed by atoms with van der Waals surface area (Å²) in [6.45, 7) is 12.6. The lowest BCUT2D eigenvalue weighted by Crippen LogP contribution is -2.25. The maximum Gasteiger partial charge on any atom is 0.119 e. The predicted molar refractivity (Wildman–Crippen MR) is 70.8 cm³/mol. The van der Waals surface area contributed by atoms with Crippen LogP contribution in [0.1, 0.15) is 19.4 Å². The quantitative estimate of drug-likeness (QED) is 0.709. The Morgan fingerprint density at radius 1 is 1.33 bits per heavy atom. The molecule has 1 nitrogen and oxygen atoms in total. The van der Waals surface area contributed by atoms with Gasteiger partial charge < -0.3 is 4.74 Å². The van der Waals surface area contributed by atoms with Gasteiger partial charge in [-0.15, -0.1) is 0 Å². The highest BCUT2D eigenvalue weighted by molar-refractivity contribution is 6.71. The third-order valence-corrected chi connectivity index (χ3v) is 4.02. The van der Waals surface area contributed by atoms with Gasteiger partial charge in [-0.25, -0.2) is 0 Å². The molecule has 0 fully saturated rings. The van der Waals surface area contributed by atoms with Crippen LogP contribution in [0.3, 0.4) is 0 Å². The van der Waals surface area contributed by atoms with E-state index in [1.165, 1.54) is 10.8 Å². The number of hydrogen-bond donors (Lipinski definition) is 0. The van der Waals surface area contributed by atoms with Crippen molar-refractivity contribution < 1.29 is 4.74 Å². The van der Waals surface area contributed by atoms with Crippen LogP contribution in [0.2, 0.25) is 13.1 Å². The van der Waals surface area contributed by atoms with Gasteiger partial charge in [-0.05, 0) is 31.5 Å². The monoisotopic (exact) mass is 220 g/mol. The Bertz CT molecular complexity index is 342. The van der Waals surface area contributed by atoms with E-state index in [4.69, 9.17) is 4.74 Å². The molecule has 0 aliphatic carbocycles. The van der Waals surface area contributed by atoms with E-state index in [1.807, 2.05) is 26.0 Å². The molecule has 0 aliphatic rings. The van der Waals surface area contributed by atoms with Crippen LogP contribution in [0, 0.1) is 0 Å². The maximum absolute atomic E-state index is 5.69. The van der Waals surface area contributed by atoms with Crippen molar-refractivity contribution >= 4 is 20.1 Å². The molecule has 1 aromatic carbocycles. The summed E-state index contributed by atoms with van der Waals surface area (Å²) < 4.78 is 5.69. The summed E-state index contributed by atoms with van der Waals surface area (Å²) in [7, 11) is -0.810. The van der Waals surface area contributed by atoms with Gasteiger partial charge in [-0.3, -0.25) is 0 Å². The number of hydrogen-bond acceptors (Lipinski definition) is 1. The lowest BCUT2D eigenvalue weighted by Gasteiger charge is -2.14. The van der Waals surface area contributed by atoms with Gasteiger partial charge in [-0.2, -0.15) is 0 Å². The Morgan fingerprint density at radius 2 is 2.00 bits per heavy atom. The molecule has 82 valence electrons. The molecule has 1 aromatic rings. The molecule has 0 spiro atoms. The minimum Gasteiger partial charge on any atom is -0.491 e. The summed E-state index contributed by atoms with van der Waals surface area (Å²) in [5, 5.41) is 1.43. The van der Waals surface area contributed by atoms with Crippen molar-refractivity contribution in [3.8, 4) is 5.75 Å². The van der Waals surface area contributed by atoms with E-state index in [0.29, 0.717) is 0 Å². The highest BCUT2D eigenvalue weighted by Crippen LogP contribution is 2.13. The molecule has 0 saturated carbocycles. The van der Waals surface area contributed by atoms with Gasteiger partial charge in [0.25, 0.3) is 0 Å². The zero-order valence-corrected chi connectivity index (χ0v) is 11.2. The standard InChI is InChI=1S/C13H20OSi/c1-6-11-7-8-12(14-10(2)3)9-13(11)15(4)5/h6-10,15H,1H2,2-5H3. The molecular formula is C13H20OSi. The van der Waals surface area contributed by atoms with Crippen LogP contribution in [-0.2, 0) is 0 Å². The maximum atomic E-state index is 5.69. The fraction of sp³-hybridized carbons (Fsp3) is 0.385. The van der Waals surface area contributed by atoms with E-state index in [9.17, 15) is 0 Å². The second-order valence-corrected chi connectivity index (χ2v) is 7.25. The third-order valence-electron chi connectivity index (χ3n) is 2.27. The van der Waals surface area contributed by atoms with Gasteiger partial charge in [0.1, 0.15) is 5.75 Å². The van der Waals surface area contributed by atoms with Crippen LogP contribution in [-0.4, -0.2) is 14.9 Å². The van der Waals surface area contributed by atoms with Crippen LogP contribution in [0.15, 0.2) is 24.8 Å². The molecule has 1 rings (SSSR count). The highest BCUT2D eigenvalue weighted by atomic mass is 28.3. The Kier molecular flexibility index (Phi) is 4.15. The Hall–Kier alpha value is -1.02. The predicted octanol–water partition coefficient (Wildman–Crippen LogP) is 2.81. The van der Waals surface area contributed by atoms with Crippen molar-refractivity contribution in [2.24, 2.45) is 0 Å². The van der Waals surface area contributed by atoms with Crippen molar-refractivity contribution in [3.63, 3.8) is 0 Å². The first-order valence-corrected chi connectivity index (χ1v) is 8.36. The van der Waals surface area contributed by atoms with Gasteiger partial charge in [0.15, 0.2) is 0 Å². The van der Waals surface area contributed by atoms with E-state index in [0.717, 1.165) is 5.75 Å². The van der Waals surface area contributed by atoms with Gasteiger partial charge >= 0.3 is 0 Å². The summed E-state index contributed by atoms with van der Waals surface area (Å²) in [4.78, 5) is 0. The zero-order chi connectivity index (χ0) is 11.4. The molecule has 0 atom stereocenters. The minimum atomic E-state index is -0.810. The fourth-order valence-corrected chi connectivity index (χ4v) is 2.96. The summed E-state index contributed by atoms with van der Waals surface area (Å²) in [5.41, 5.74) is 1.26. The van der Waals surface area contributed by atoms with Gasteiger partial charge in [0.2, 0.25) is 0 Å². The smallest absolute Gasteiger partial charge is 0.119 e. The summed E-state index contributed by atoms with van der Waals surface area (Å²) >= 11 is 0. The van der Waals surface area contributed by atoms with Crippen LogP contribution in [0.25, 0.3) is 6.08 Å². The van der Waals surface area contributed by atoms with Gasteiger partial charge in [0, 0.05) is 0 Å². The molecule has 0 radical (unpaired) electrons. The Morgan fingerprint density at radius 3 is 2.47 bits per heavy atom. The molecule has 0 amide bonds. The van der Waals surface area contributed by atoms with Crippen LogP contribution in [0.4, 0.5) is 0 Å². The van der Waals surface area contributed by atoms with Gasteiger partial charge in [0.05, 0.1) is 14.9 Å². The number of benzene rings is 1. The van der Waals surface area contributed by atoms with Crippen molar-refractivity contribution in [3.05, 3.63) is 30.3 Å². The molecule has 0 bridgehead atoms. The second-order valence-electron chi connectivity index (χ2n) is 4.32. The molecule has 15 heavy (non-hydrogen) atoms. The molecule has 0 aromatic heterocycles. The minimum absolute atomic E-state index is 0.237. The zero-order valence-electron chi connectivity index (χ0n) is 10.1. The average Bonchev–Trinajstić information content (AvgIpc) is 2.16. The van der Waals surface area contributed by atoms with E-state index in [1.54, 1.807) is 0 Å². The first kappa shape index (κ1) is 12.0. The van der Waals surface area contributed by atoms with Crippen molar-refractivity contribution in [2.75, 3.05) is 0 Å². The van der Waals surface area contributed by atoms with E-state index < -0.39 is 8.80 Å². The molecular weight excluding hydrogens is 200 g/mol. The SMILES string of the molecule is C=Cc1ccc(OC(C)C)cc1[SiH](C)C. The topological polar surface area (TPSA) is 9.23 Å². The first-order chi connectivity index (χ1) is 7.04. The average molecular weight is 220 g/mol. The van der Waals surface area contributed by atoms with Crippen molar-refractivity contribution in [2.45, 2.75) is 33.0 Å².